The van der Waals surface area contributed by atoms with E-state index in [4.69, 9.17) is 5.73 Å². The maximum Gasteiger partial charge on any atom is 0.0945 e. The van der Waals surface area contributed by atoms with Crippen molar-refractivity contribution >= 4 is 0 Å². The molecule has 4 heteroatoms. The standard InChI is InChI=1S/C7H13N3O/c1-5-6(7(11)3-8)4-10(2)9-5/h4,7,11H,3,8H2,1-2H3. The largest absolute Gasteiger partial charge is 0.387 e. The van der Waals surface area contributed by atoms with Gasteiger partial charge >= 0.3 is 0 Å². The van der Waals surface area contributed by atoms with E-state index in [1.807, 2.05) is 14.0 Å². The Balaban J connectivity index is 2.93. The molecule has 1 aromatic rings. The van der Waals surface area contributed by atoms with Crippen LogP contribution in [0.25, 0.3) is 0 Å². The summed E-state index contributed by atoms with van der Waals surface area (Å²) in [6, 6.07) is 0. The normalized spacial score (nSPS) is 13.5. The van der Waals surface area contributed by atoms with Crippen LogP contribution in [0.2, 0.25) is 0 Å². The molecule has 0 saturated heterocycles. The van der Waals surface area contributed by atoms with Crippen LogP contribution in [0, 0.1) is 6.92 Å². The lowest BCUT2D eigenvalue weighted by Crippen LogP contribution is -2.11. The number of nitrogens with two attached hydrogens (primary N) is 1. The maximum absolute atomic E-state index is 9.35. The van der Waals surface area contributed by atoms with Gasteiger partial charge in [-0.2, -0.15) is 5.10 Å². The van der Waals surface area contributed by atoms with Crippen LogP contribution in [0.3, 0.4) is 0 Å². The summed E-state index contributed by atoms with van der Waals surface area (Å²) in [5, 5.41) is 13.4. The molecule has 1 aromatic heterocycles. The van der Waals surface area contributed by atoms with Crippen molar-refractivity contribution < 1.29 is 5.11 Å². The molecule has 0 bridgehead atoms. The number of rotatable bonds is 2. The topological polar surface area (TPSA) is 64.1 Å². The lowest BCUT2D eigenvalue weighted by molar-refractivity contribution is 0.186. The molecule has 0 amide bonds. The molecular weight excluding hydrogens is 142 g/mol. The second-order valence-corrected chi connectivity index (χ2v) is 2.60. The van der Waals surface area contributed by atoms with Gasteiger partial charge in [0.15, 0.2) is 0 Å². The van der Waals surface area contributed by atoms with Gasteiger partial charge in [0.25, 0.3) is 0 Å². The van der Waals surface area contributed by atoms with Crippen LogP contribution < -0.4 is 5.73 Å². The van der Waals surface area contributed by atoms with E-state index in [9.17, 15) is 5.11 Å². The third-order valence-electron chi connectivity index (χ3n) is 1.63. The highest BCUT2D eigenvalue weighted by Crippen LogP contribution is 2.13. The van der Waals surface area contributed by atoms with Gasteiger partial charge in [-0.25, -0.2) is 0 Å². The molecule has 0 saturated carbocycles. The van der Waals surface area contributed by atoms with Crippen LogP contribution >= 0.6 is 0 Å². The van der Waals surface area contributed by atoms with Crippen LogP contribution in [-0.4, -0.2) is 21.4 Å². The van der Waals surface area contributed by atoms with E-state index in [0.717, 1.165) is 11.3 Å². The van der Waals surface area contributed by atoms with Gasteiger partial charge in [-0.05, 0) is 6.92 Å². The van der Waals surface area contributed by atoms with E-state index in [1.54, 1.807) is 10.9 Å². The summed E-state index contributed by atoms with van der Waals surface area (Å²) in [7, 11) is 1.82. The molecule has 0 aliphatic rings. The Hall–Kier alpha value is -0.870. The average molecular weight is 155 g/mol. The van der Waals surface area contributed by atoms with Gasteiger partial charge in [0.2, 0.25) is 0 Å². The predicted molar refractivity (Wildman–Crippen MR) is 42.0 cm³/mol. The fourth-order valence-corrected chi connectivity index (χ4v) is 1.07. The van der Waals surface area contributed by atoms with Gasteiger partial charge in [-0.3, -0.25) is 4.68 Å². The second kappa shape index (κ2) is 3.02. The SMILES string of the molecule is Cc1nn(C)cc1C(O)CN. The monoisotopic (exact) mass is 155 g/mol. The summed E-state index contributed by atoms with van der Waals surface area (Å²) >= 11 is 0. The first-order chi connectivity index (χ1) is 5.15. The van der Waals surface area contributed by atoms with E-state index in [2.05, 4.69) is 5.10 Å². The lowest BCUT2D eigenvalue weighted by Gasteiger charge is -2.03. The minimum atomic E-state index is -0.580. The summed E-state index contributed by atoms with van der Waals surface area (Å²) in [6.45, 7) is 2.10. The van der Waals surface area contributed by atoms with E-state index >= 15 is 0 Å². The molecule has 0 aromatic carbocycles. The van der Waals surface area contributed by atoms with E-state index in [1.165, 1.54) is 0 Å². The van der Waals surface area contributed by atoms with Crippen molar-refractivity contribution in [1.82, 2.24) is 9.78 Å². The van der Waals surface area contributed by atoms with Gasteiger partial charge in [-0.15, -0.1) is 0 Å². The number of hydrogen-bond donors (Lipinski definition) is 2. The third-order valence-corrected chi connectivity index (χ3v) is 1.63. The number of aromatic nitrogens is 2. The average Bonchev–Trinajstić information content (AvgIpc) is 2.28. The van der Waals surface area contributed by atoms with Gasteiger partial charge in [-0.1, -0.05) is 0 Å². The molecule has 0 aliphatic carbocycles. The van der Waals surface area contributed by atoms with Crippen molar-refractivity contribution in [1.29, 1.82) is 0 Å². The van der Waals surface area contributed by atoms with Crippen molar-refractivity contribution in [3.8, 4) is 0 Å². The first-order valence-electron chi connectivity index (χ1n) is 3.53. The highest BCUT2D eigenvalue weighted by Gasteiger charge is 2.10. The minimum Gasteiger partial charge on any atom is -0.387 e. The molecule has 3 N–H and O–H groups in total. The van der Waals surface area contributed by atoms with Crippen LogP contribution in [0.15, 0.2) is 6.20 Å². The second-order valence-electron chi connectivity index (χ2n) is 2.60. The van der Waals surface area contributed by atoms with Gasteiger partial charge < -0.3 is 10.8 Å². The molecule has 1 atom stereocenters. The molecular formula is C7H13N3O. The molecule has 62 valence electrons. The zero-order valence-corrected chi connectivity index (χ0v) is 6.78. The van der Waals surface area contributed by atoms with Gasteiger partial charge in [0.05, 0.1) is 11.8 Å². The molecule has 0 radical (unpaired) electrons. The molecule has 0 aliphatic heterocycles. The number of aliphatic hydroxyl groups is 1. The van der Waals surface area contributed by atoms with Crippen LogP contribution in [0.4, 0.5) is 0 Å². The Morgan fingerprint density at radius 3 is 2.82 bits per heavy atom. The Morgan fingerprint density at radius 1 is 1.82 bits per heavy atom. The fraction of sp³-hybridized carbons (Fsp3) is 0.571. The zero-order chi connectivity index (χ0) is 8.43. The first kappa shape index (κ1) is 8.23. The summed E-state index contributed by atoms with van der Waals surface area (Å²) in [6.07, 6.45) is 1.20. The Morgan fingerprint density at radius 2 is 2.45 bits per heavy atom. The third kappa shape index (κ3) is 1.58. The molecule has 1 rings (SSSR count). The van der Waals surface area contributed by atoms with Crippen molar-refractivity contribution in [2.45, 2.75) is 13.0 Å². The first-order valence-corrected chi connectivity index (χ1v) is 3.53. The summed E-state index contributed by atoms with van der Waals surface area (Å²) in [4.78, 5) is 0. The molecule has 4 nitrogen and oxygen atoms in total. The number of hydrogen-bond acceptors (Lipinski definition) is 3. The summed E-state index contributed by atoms with van der Waals surface area (Å²) in [5.41, 5.74) is 6.95. The quantitative estimate of drug-likeness (QED) is 0.617. The molecule has 1 unspecified atom stereocenters. The van der Waals surface area contributed by atoms with E-state index in [0.29, 0.717) is 0 Å². The number of aryl methyl sites for hydroxylation is 2. The van der Waals surface area contributed by atoms with Crippen molar-refractivity contribution in [2.75, 3.05) is 6.54 Å². The minimum absolute atomic E-state index is 0.243. The fourth-order valence-electron chi connectivity index (χ4n) is 1.07. The molecule has 0 spiro atoms. The van der Waals surface area contributed by atoms with Crippen LogP contribution in [0.5, 0.6) is 0 Å². The van der Waals surface area contributed by atoms with Crippen LogP contribution in [-0.2, 0) is 7.05 Å². The summed E-state index contributed by atoms with van der Waals surface area (Å²) < 4.78 is 1.67. The maximum atomic E-state index is 9.35. The highest BCUT2D eigenvalue weighted by molar-refractivity contribution is 5.18. The Bertz CT molecular complexity index is 244. The Kier molecular flexibility index (Phi) is 2.26. The Labute approximate surface area is 65.6 Å². The van der Waals surface area contributed by atoms with Crippen LogP contribution in [0.1, 0.15) is 17.4 Å². The predicted octanol–water partition coefficient (Wildman–Crippen LogP) is -0.279. The number of nitrogens with zero attached hydrogens (tertiary/aromatic N) is 2. The van der Waals surface area contributed by atoms with E-state index in [-0.39, 0.29) is 6.54 Å². The molecule has 1 heterocycles. The van der Waals surface area contributed by atoms with E-state index < -0.39 is 6.10 Å². The van der Waals surface area contributed by atoms with Gasteiger partial charge in [0, 0.05) is 25.4 Å². The number of aliphatic hydroxyl groups excluding tert-OH is 1. The van der Waals surface area contributed by atoms with Crippen molar-refractivity contribution in [2.24, 2.45) is 12.8 Å². The summed E-state index contributed by atoms with van der Waals surface area (Å²) in [5.74, 6) is 0. The van der Waals surface area contributed by atoms with Crippen molar-refractivity contribution in [3.63, 3.8) is 0 Å². The molecule has 0 fully saturated rings. The zero-order valence-electron chi connectivity index (χ0n) is 6.78. The molecule has 11 heavy (non-hydrogen) atoms. The lowest BCUT2D eigenvalue weighted by atomic mass is 10.1. The smallest absolute Gasteiger partial charge is 0.0945 e. The van der Waals surface area contributed by atoms with Gasteiger partial charge in [0.1, 0.15) is 0 Å². The highest BCUT2D eigenvalue weighted by atomic mass is 16.3. The van der Waals surface area contributed by atoms with Crippen molar-refractivity contribution in [3.05, 3.63) is 17.5 Å².